The van der Waals surface area contributed by atoms with E-state index in [4.69, 9.17) is 0 Å². The Balaban J connectivity index is 1.78. The van der Waals surface area contributed by atoms with Gasteiger partial charge in [-0.15, -0.1) is 0 Å². The summed E-state index contributed by atoms with van der Waals surface area (Å²) in [6, 6.07) is 0. The SMILES string of the molecule is C=C1/C(=C\C=C2/CCC[C@]3(C)[C@@H]([C@H](C)/C=C/[C@@](C)(O)C(C)(C)O)CC[C@@H]23)C[C@@H](O)C[C@@H]1O. The van der Waals surface area contributed by atoms with Gasteiger partial charge >= 0.3 is 0 Å². The van der Waals surface area contributed by atoms with E-state index in [1.165, 1.54) is 24.8 Å². The van der Waals surface area contributed by atoms with Crippen molar-refractivity contribution in [1.82, 2.24) is 0 Å². The van der Waals surface area contributed by atoms with Gasteiger partial charge in [0, 0.05) is 6.42 Å². The van der Waals surface area contributed by atoms with Crippen molar-refractivity contribution < 1.29 is 20.4 Å². The molecule has 0 spiro atoms. The van der Waals surface area contributed by atoms with E-state index in [0.29, 0.717) is 30.6 Å². The highest BCUT2D eigenvalue weighted by molar-refractivity contribution is 5.38. The number of rotatable bonds is 5. The minimum absolute atomic E-state index is 0.218. The molecule has 3 fully saturated rings. The van der Waals surface area contributed by atoms with Crippen LogP contribution in [0.15, 0.2) is 47.6 Å². The Bertz CT molecular complexity index is 797. The number of aliphatic hydroxyl groups is 4. The predicted molar refractivity (Wildman–Crippen MR) is 130 cm³/mol. The van der Waals surface area contributed by atoms with E-state index in [1.807, 2.05) is 0 Å². The second-order valence-electron chi connectivity index (χ2n) is 11.6. The molecular weight excluding hydrogens is 400 g/mol. The molecule has 4 N–H and O–H groups in total. The highest BCUT2D eigenvalue weighted by Gasteiger charge is 2.50. The van der Waals surface area contributed by atoms with Gasteiger partial charge in [-0.25, -0.2) is 0 Å². The molecule has 4 heteroatoms. The van der Waals surface area contributed by atoms with E-state index < -0.39 is 23.4 Å². The normalized spacial score (nSPS) is 39.5. The molecule has 180 valence electrons. The van der Waals surface area contributed by atoms with Gasteiger partial charge < -0.3 is 20.4 Å². The van der Waals surface area contributed by atoms with Crippen LogP contribution in [0.4, 0.5) is 0 Å². The largest absolute Gasteiger partial charge is 0.393 e. The van der Waals surface area contributed by atoms with Crippen LogP contribution >= 0.6 is 0 Å². The highest BCUT2D eigenvalue weighted by Crippen LogP contribution is 2.59. The third kappa shape index (κ3) is 4.99. The molecule has 0 aromatic heterocycles. The standard InChI is InChI=1S/C28H44O4/c1-18(13-15-28(6,32)26(3,4)31)23-11-12-24-20(8-7-14-27(23,24)5)9-10-21-16-22(29)17-25(30)19(21)2/h9-10,13,15,18,22-25,29-32H,2,7-8,11-12,14,16-17H2,1,3-6H3/b15-13+,20-9+,21-10-/t18-,22-,23-,24+,25+,27-,28-/m1/s1. The molecule has 0 unspecified atom stereocenters. The van der Waals surface area contributed by atoms with Crippen molar-refractivity contribution in [2.45, 2.75) is 103 Å². The molecular formula is C28H44O4. The number of hydrogen-bond acceptors (Lipinski definition) is 4. The molecule has 0 radical (unpaired) electrons. The van der Waals surface area contributed by atoms with Crippen LogP contribution in [0.5, 0.6) is 0 Å². The average Bonchev–Trinajstić information content (AvgIpc) is 3.04. The maximum Gasteiger partial charge on any atom is 0.108 e. The van der Waals surface area contributed by atoms with Crippen LogP contribution in [0, 0.1) is 23.2 Å². The lowest BCUT2D eigenvalue weighted by Crippen LogP contribution is -2.46. The van der Waals surface area contributed by atoms with Crippen LogP contribution in [0.25, 0.3) is 0 Å². The van der Waals surface area contributed by atoms with E-state index in [2.05, 4.69) is 38.7 Å². The summed E-state index contributed by atoms with van der Waals surface area (Å²) in [4.78, 5) is 0. The summed E-state index contributed by atoms with van der Waals surface area (Å²) in [5.41, 5.74) is 0.958. The Labute approximate surface area is 194 Å². The Morgan fingerprint density at radius 3 is 2.47 bits per heavy atom. The number of aliphatic hydroxyl groups excluding tert-OH is 2. The summed E-state index contributed by atoms with van der Waals surface area (Å²) in [6.07, 6.45) is 13.8. The zero-order valence-electron chi connectivity index (χ0n) is 20.6. The van der Waals surface area contributed by atoms with Crippen molar-refractivity contribution in [3.63, 3.8) is 0 Å². The Morgan fingerprint density at radius 1 is 1.12 bits per heavy atom. The highest BCUT2D eigenvalue weighted by atomic mass is 16.3. The molecule has 0 heterocycles. The number of allylic oxidation sites excluding steroid dienone is 4. The lowest BCUT2D eigenvalue weighted by molar-refractivity contribution is -0.0886. The van der Waals surface area contributed by atoms with Gasteiger partial charge in [0.05, 0.1) is 17.8 Å². The molecule has 0 amide bonds. The van der Waals surface area contributed by atoms with E-state index in [1.54, 1.807) is 26.8 Å². The van der Waals surface area contributed by atoms with Crippen molar-refractivity contribution in [2.75, 3.05) is 0 Å². The summed E-state index contributed by atoms with van der Waals surface area (Å²) < 4.78 is 0. The quantitative estimate of drug-likeness (QED) is 0.457. The minimum Gasteiger partial charge on any atom is -0.393 e. The summed E-state index contributed by atoms with van der Waals surface area (Å²) in [7, 11) is 0. The maximum absolute atomic E-state index is 10.6. The Morgan fingerprint density at radius 2 is 1.81 bits per heavy atom. The summed E-state index contributed by atoms with van der Waals surface area (Å²) in [5, 5.41) is 41.1. The van der Waals surface area contributed by atoms with Gasteiger partial charge in [0.2, 0.25) is 0 Å². The lowest BCUT2D eigenvalue weighted by Gasteiger charge is -2.44. The molecule has 0 bridgehead atoms. The molecule has 3 rings (SSSR count). The van der Waals surface area contributed by atoms with Crippen molar-refractivity contribution in [1.29, 1.82) is 0 Å². The van der Waals surface area contributed by atoms with Gasteiger partial charge in [-0.3, -0.25) is 0 Å². The smallest absolute Gasteiger partial charge is 0.108 e. The van der Waals surface area contributed by atoms with Gasteiger partial charge in [0.1, 0.15) is 5.60 Å². The third-order valence-corrected chi connectivity index (χ3v) is 8.90. The zero-order valence-corrected chi connectivity index (χ0v) is 20.6. The van der Waals surface area contributed by atoms with Crippen molar-refractivity contribution >= 4 is 0 Å². The van der Waals surface area contributed by atoms with Crippen LogP contribution in [0.2, 0.25) is 0 Å². The molecule has 0 aromatic carbocycles. The number of fused-ring (bicyclic) bond motifs is 1. The maximum atomic E-state index is 10.6. The first-order valence-corrected chi connectivity index (χ1v) is 12.4. The third-order valence-electron chi connectivity index (χ3n) is 8.90. The Hall–Kier alpha value is -1.20. The molecule has 0 saturated heterocycles. The fraction of sp³-hybridized carbons (Fsp3) is 0.714. The van der Waals surface area contributed by atoms with Gasteiger partial charge in [0.25, 0.3) is 0 Å². The molecule has 4 nitrogen and oxygen atoms in total. The first kappa shape index (κ1) is 25.4. The first-order chi connectivity index (χ1) is 14.8. The average molecular weight is 445 g/mol. The second kappa shape index (κ2) is 9.21. The summed E-state index contributed by atoms with van der Waals surface area (Å²) >= 11 is 0. The van der Waals surface area contributed by atoms with Gasteiger partial charge in [-0.05, 0) is 93.6 Å². The number of hydrogen-bond donors (Lipinski definition) is 4. The van der Waals surface area contributed by atoms with Gasteiger partial charge in [-0.1, -0.05) is 50.3 Å². The van der Waals surface area contributed by atoms with Gasteiger partial charge in [0.15, 0.2) is 0 Å². The molecule has 0 aliphatic heterocycles. The summed E-state index contributed by atoms with van der Waals surface area (Å²) in [5.74, 6) is 1.39. The monoisotopic (exact) mass is 444 g/mol. The van der Waals surface area contributed by atoms with Crippen molar-refractivity contribution in [3.8, 4) is 0 Å². The van der Waals surface area contributed by atoms with Crippen LogP contribution in [0.1, 0.15) is 79.6 Å². The van der Waals surface area contributed by atoms with E-state index in [9.17, 15) is 20.4 Å². The van der Waals surface area contributed by atoms with E-state index >= 15 is 0 Å². The van der Waals surface area contributed by atoms with Crippen LogP contribution < -0.4 is 0 Å². The molecule has 0 aromatic rings. The van der Waals surface area contributed by atoms with Crippen molar-refractivity contribution in [3.05, 3.63) is 47.6 Å². The van der Waals surface area contributed by atoms with Crippen LogP contribution in [-0.2, 0) is 0 Å². The topological polar surface area (TPSA) is 80.9 Å². The Kier molecular flexibility index (Phi) is 7.32. The fourth-order valence-electron chi connectivity index (χ4n) is 6.29. The first-order valence-electron chi connectivity index (χ1n) is 12.4. The predicted octanol–water partition coefficient (Wildman–Crippen LogP) is 4.84. The van der Waals surface area contributed by atoms with Crippen LogP contribution in [0.3, 0.4) is 0 Å². The molecule has 32 heavy (non-hydrogen) atoms. The van der Waals surface area contributed by atoms with Crippen molar-refractivity contribution in [2.24, 2.45) is 23.2 Å². The lowest BCUT2D eigenvalue weighted by atomic mass is 9.61. The molecule has 3 saturated carbocycles. The molecule has 7 atom stereocenters. The minimum atomic E-state index is -1.26. The van der Waals surface area contributed by atoms with E-state index in [0.717, 1.165) is 24.0 Å². The molecule has 3 aliphatic rings. The van der Waals surface area contributed by atoms with Crippen LogP contribution in [-0.4, -0.2) is 43.8 Å². The molecule has 3 aliphatic carbocycles. The van der Waals surface area contributed by atoms with E-state index in [-0.39, 0.29) is 5.41 Å². The summed E-state index contributed by atoms with van der Waals surface area (Å²) in [6.45, 7) is 13.7. The van der Waals surface area contributed by atoms with Gasteiger partial charge in [-0.2, -0.15) is 0 Å². The zero-order chi connectivity index (χ0) is 23.9. The second-order valence-corrected chi connectivity index (χ2v) is 11.6. The fourth-order valence-corrected chi connectivity index (χ4v) is 6.29.